The van der Waals surface area contributed by atoms with Gasteiger partial charge in [-0.05, 0) is 64.2 Å². The summed E-state index contributed by atoms with van der Waals surface area (Å²) < 4.78 is 0. The van der Waals surface area contributed by atoms with Gasteiger partial charge in [0, 0.05) is 62.4 Å². The van der Waals surface area contributed by atoms with Crippen LogP contribution in [0.25, 0.3) is 11.3 Å². The van der Waals surface area contributed by atoms with E-state index in [9.17, 15) is 4.79 Å². The first-order chi connectivity index (χ1) is 17.3. The fraction of sp³-hybridized carbons (Fsp3) is 0.393. The van der Waals surface area contributed by atoms with Gasteiger partial charge in [-0.25, -0.2) is 9.97 Å². The number of piperazine rings is 1. The van der Waals surface area contributed by atoms with E-state index in [1.54, 1.807) is 11.1 Å². The maximum atomic E-state index is 12.7. The summed E-state index contributed by atoms with van der Waals surface area (Å²) in [5.74, 6) is 0.645. The molecule has 8 heteroatoms. The molecule has 1 saturated heterocycles. The topological polar surface area (TPSA) is 67.8 Å². The second-order valence-corrected chi connectivity index (χ2v) is 10.0. The van der Waals surface area contributed by atoms with E-state index in [0.29, 0.717) is 5.95 Å². The molecule has 2 aromatic carbocycles. The van der Waals surface area contributed by atoms with Crippen LogP contribution in [0.5, 0.6) is 0 Å². The Balaban J connectivity index is 1.36. The van der Waals surface area contributed by atoms with E-state index < -0.39 is 0 Å². The van der Waals surface area contributed by atoms with E-state index >= 15 is 0 Å². The lowest BCUT2D eigenvalue weighted by Gasteiger charge is -2.42. The molecule has 2 aliphatic heterocycles. The summed E-state index contributed by atoms with van der Waals surface area (Å²) in [6.45, 7) is 10.5. The van der Waals surface area contributed by atoms with Crippen molar-refractivity contribution < 1.29 is 4.79 Å². The van der Waals surface area contributed by atoms with Crippen molar-refractivity contribution in [2.45, 2.75) is 32.9 Å². The summed E-state index contributed by atoms with van der Waals surface area (Å²) in [6.07, 6.45) is 1.78. The molecule has 3 heterocycles. The van der Waals surface area contributed by atoms with Crippen molar-refractivity contribution >= 4 is 34.6 Å². The molecule has 1 amide bonds. The molecular formula is C28H35N7O. The standard InChI is InChI=1S/C28H35N7O/c1-19(2)35-20(3)27(36)33(5)25-11-8-22(18-26(25)35)30-28-29-13-12-24(31-28)21-6-9-23(10-7-21)34-16-14-32(4)15-17-34/h6-13,18-20H,14-17H2,1-5H3,(H,29,30,31)/t20-/m1/s1. The van der Waals surface area contributed by atoms with E-state index in [4.69, 9.17) is 4.98 Å². The molecular weight excluding hydrogens is 450 g/mol. The Bertz CT molecular complexity index is 1230. The maximum Gasteiger partial charge on any atom is 0.249 e. The third-order valence-corrected chi connectivity index (χ3v) is 7.22. The van der Waals surface area contributed by atoms with Gasteiger partial charge in [0.25, 0.3) is 0 Å². The Morgan fingerprint density at radius 1 is 0.944 bits per heavy atom. The molecule has 0 aliphatic carbocycles. The minimum absolute atomic E-state index is 0.103. The zero-order valence-electron chi connectivity index (χ0n) is 21.8. The number of carbonyl (C=O) groups excluding carboxylic acids is 1. The highest BCUT2D eigenvalue weighted by molar-refractivity contribution is 6.05. The molecule has 36 heavy (non-hydrogen) atoms. The largest absolute Gasteiger partial charge is 0.369 e. The van der Waals surface area contributed by atoms with Crippen molar-refractivity contribution in [2.75, 3.05) is 60.3 Å². The van der Waals surface area contributed by atoms with Gasteiger partial charge in [0.1, 0.15) is 6.04 Å². The van der Waals surface area contributed by atoms with Gasteiger partial charge >= 0.3 is 0 Å². The molecule has 1 fully saturated rings. The lowest BCUT2D eigenvalue weighted by molar-refractivity contribution is -0.119. The number of hydrogen-bond acceptors (Lipinski definition) is 7. The number of aromatic nitrogens is 2. The minimum atomic E-state index is -0.217. The quantitative estimate of drug-likeness (QED) is 0.580. The molecule has 1 aromatic heterocycles. The van der Waals surface area contributed by atoms with E-state index in [-0.39, 0.29) is 18.0 Å². The van der Waals surface area contributed by atoms with Gasteiger partial charge in [-0.1, -0.05) is 12.1 Å². The number of nitrogens with one attached hydrogen (secondary N) is 1. The van der Waals surface area contributed by atoms with Gasteiger partial charge in [-0.15, -0.1) is 0 Å². The average molecular weight is 486 g/mol. The predicted octanol–water partition coefficient (Wildman–Crippen LogP) is 4.22. The number of nitrogens with zero attached hydrogens (tertiary/aromatic N) is 6. The zero-order chi connectivity index (χ0) is 25.4. The van der Waals surface area contributed by atoms with Crippen LogP contribution in [0.2, 0.25) is 0 Å². The van der Waals surface area contributed by atoms with Gasteiger partial charge < -0.3 is 24.9 Å². The number of amides is 1. The number of hydrogen-bond donors (Lipinski definition) is 1. The average Bonchev–Trinajstić information content (AvgIpc) is 2.88. The monoisotopic (exact) mass is 485 g/mol. The lowest BCUT2D eigenvalue weighted by atomic mass is 10.0. The van der Waals surface area contributed by atoms with Crippen molar-refractivity contribution in [2.24, 2.45) is 0 Å². The first kappa shape index (κ1) is 24.1. The smallest absolute Gasteiger partial charge is 0.249 e. The summed E-state index contributed by atoms with van der Waals surface area (Å²) in [5.41, 5.74) is 6.01. The van der Waals surface area contributed by atoms with Crippen molar-refractivity contribution in [3.8, 4) is 11.3 Å². The van der Waals surface area contributed by atoms with E-state index in [2.05, 4.69) is 76.2 Å². The highest BCUT2D eigenvalue weighted by Crippen LogP contribution is 2.39. The summed E-state index contributed by atoms with van der Waals surface area (Å²) in [7, 11) is 4.01. The summed E-state index contributed by atoms with van der Waals surface area (Å²) in [5, 5.41) is 3.37. The molecule has 0 radical (unpaired) electrons. The Morgan fingerprint density at radius 2 is 1.67 bits per heavy atom. The maximum absolute atomic E-state index is 12.7. The molecule has 8 nitrogen and oxygen atoms in total. The molecule has 5 rings (SSSR count). The molecule has 1 atom stereocenters. The van der Waals surface area contributed by atoms with Crippen molar-refractivity contribution in [1.29, 1.82) is 0 Å². The number of likely N-dealkylation sites (N-methyl/N-ethyl adjacent to an activating group) is 2. The first-order valence-electron chi connectivity index (χ1n) is 12.7. The lowest BCUT2D eigenvalue weighted by Crippen LogP contribution is -2.53. The Morgan fingerprint density at radius 3 is 2.36 bits per heavy atom. The highest BCUT2D eigenvalue weighted by atomic mass is 16.2. The summed E-state index contributed by atoms with van der Waals surface area (Å²) in [6, 6.07) is 16.6. The third-order valence-electron chi connectivity index (χ3n) is 7.22. The normalized spacial score (nSPS) is 18.6. The molecule has 0 spiro atoms. The molecule has 3 aromatic rings. The van der Waals surface area contributed by atoms with Crippen LogP contribution in [0.1, 0.15) is 20.8 Å². The Labute approximate surface area is 213 Å². The molecule has 1 N–H and O–H groups in total. The number of fused-ring (bicyclic) bond motifs is 1. The number of carbonyl (C=O) groups is 1. The van der Waals surface area contributed by atoms with Gasteiger partial charge in [0.2, 0.25) is 11.9 Å². The van der Waals surface area contributed by atoms with Crippen molar-refractivity contribution in [3.05, 3.63) is 54.7 Å². The van der Waals surface area contributed by atoms with Gasteiger partial charge in [-0.3, -0.25) is 4.79 Å². The van der Waals surface area contributed by atoms with E-state index in [1.807, 2.05) is 32.2 Å². The SMILES string of the molecule is CC(C)N1c2cc(Nc3nccc(-c4ccc(N5CCN(C)CC5)cc4)n3)ccc2N(C)C(=O)[C@H]1C. The summed E-state index contributed by atoms with van der Waals surface area (Å²) >= 11 is 0. The molecule has 0 unspecified atom stereocenters. The number of benzene rings is 2. The number of anilines is 5. The summed E-state index contributed by atoms with van der Waals surface area (Å²) in [4.78, 5) is 30.7. The van der Waals surface area contributed by atoms with Crippen LogP contribution in [-0.4, -0.2) is 73.1 Å². The third kappa shape index (κ3) is 4.60. The van der Waals surface area contributed by atoms with Gasteiger partial charge in [0.15, 0.2) is 0 Å². The molecule has 2 aliphatic rings. The molecule has 188 valence electrons. The van der Waals surface area contributed by atoms with Crippen LogP contribution >= 0.6 is 0 Å². The Hall–Kier alpha value is -3.65. The van der Waals surface area contributed by atoms with Gasteiger partial charge in [0.05, 0.1) is 17.1 Å². The second kappa shape index (κ2) is 9.78. The highest BCUT2D eigenvalue weighted by Gasteiger charge is 2.35. The van der Waals surface area contributed by atoms with Crippen LogP contribution < -0.4 is 20.0 Å². The number of rotatable bonds is 5. The minimum Gasteiger partial charge on any atom is -0.369 e. The second-order valence-electron chi connectivity index (χ2n) is 10.0. The van der Waals surface area contributed by atoms with Crippen LogP contribution in [0.3, 0.4) is 0 Å². The van der Waals surface area contributed by atoms with Crippen LogP contribution in [0.15, 0.2) is 54.7 Å². The predicted molar refractivity (Wildman–Crippen MR) is 147 cm³/mol. The first-order valence-corrected chi connectivity index (χ1v) is 12.7. The van der Waals surface area contributed by atoms with E-state index in [1.165, 1.54) is 5.69 Å². The van der Waals surface area contributed by atoms with E-state index in [0.717, 1.165) is 54.5 Å². The Kier molecular flexibility index (Phi) is 6.53. The molecule has 0 bridgehead atoms. The van der Waals surface area contributed by atoms with Gasteiger partial charge in [-0.2, -0.15) is 0 Å². The van der Waals surface area contributed by atoms with Crippen LogP contribution in [-0.2, 0) is 4.79 Å². The van der Waals surface area contributed by atoms with Crippen molar-refractivity contribution in [1.82, 2.24) is 14.9 Å². The van der Waals surface area contributed by atoms with Crippen molar-refractivity contribution in [3.63, 3.8) is 0 Å². The fourth-order valence-corrected chi connectivity index (χ4v) is 5.16. The molecule has 0 saturated carbocycles. The van der Waals surface area contributed by atoms with Crippen LogP contribution in [0, 0.1) is 0 Å². The van der Waals surface area contributed by atoms with Crippen LogP contribution in [0.4, 0.5) is 28.7 Å². The zero-order valence-corrected chi connectivity index (χ0v) is 21.8. The fourth-order valence-electron chi connectivity index (χ4n) is 5.16.